The molecule has 158 valence electrons. The minimum atomic E-state index is -0.995. The molecule has 4 rings (SSSR count). The summed E-state index contributed by atoms with van der Waals surface area (Å²) >= 11 is 0. The maximum Gasteiger partial charge on any atom is 0.357 e. The molecular weight excluding hydrogens is 406 g/mol. The van der Waals surface area contributed by atoms with Crippen molar-refractivity contribution in [3.8, 4) is 0 Å². The van der Waals surface area contributed by atoms with Crippen LogP contribution in [0, 0.1) is 10.1 Å². The molecule has 4 heterocycles. The van der Waals surface area contributed by atoms with Gasteiger partial charge in [-0.3, -0.25) is 24.2 Å². The third kappa shape index (κ3) is 4.01. The lowest BCUT2D eigenvalue weighted by atomic mass is 10.2. The molecule has 4 aromatic rings. The first-order valence-electron chi connectivity index (χ1n) is 9.15. The Kier molecular flexibility index (Phi) is 5.22. The van der Waals surface area contributed by atoms with E-state index >= 15 is 0 Å². The molecule has 0 aliphatic rings. The molecule has 0 saturated heterocycles. The lowest BCUT2D eigenvalue weighted by Crippen LogP contribution is -2.42. The molecule has 0 saturated carbocycles. The molecular formula is C20H17N5O6. The van der Waals surface area contributed by atoms with Crippen molar-refractivity contribution < 1.29 is 13.8 Å². The van der Waals surface area contributed by atoms with Gasteiger partial charge in [0.1, 0.15) is 5.69 Å². The first-order chi connectivity index (χ1) is 14.9. The number of furan rings is 2. The fraction of sp³-hybridized carbons (Fsp3) is 0.150. The Hall–Kier alpha value is -4.41. The van der Waals surface area contributed by atoms with Gasteiger partial charge in [0.25, 0.3) is 0 Å². The van der Waals surface area contributed by atoms with Crippen molar-refractivity contribution in [1.29, 1.82) is 0 Å². The fourth-order valence-electron chi connectivity index (χ4n) is 3.17. The van der Waals surface area contributed by atoms with E-state index in [1.807, 2.05) is 0 Å². The van der Waals surface area contributed by atoms with E-state index < -0.39 is 21.9 Å². The minimum absolute atomic E-state index is 0.0193. The Labute approximate surface area is 174 Å². The highest BCUT2D eigenvalue weighted by Crippen LogP contribution is 2.18. The van der Waals surface area contributed by atoms with Crippen LogP contribution >= 0.6 is 0 Å². The Morgan fingerprint density at radius 2 is 1.71 bits per heavy atom. The molecule has 0 spiro atoms. The Morgan fingerprint density at radius 1 is 1.06 bits per heavy atom. The van der Waals surface area contributed by atoms with Crippen molar-refractivity contribution in [3.63, 3.8) is 0 Å². The van der Waals surface area contributed by atoms with Gasteiger partial charge < -0.3 is 8.83 Å². The fourth-order valence-corrected chi connectivity index (χ4v) is 3.17. The van der Waals surface area contributed by atoms with Gasteiger partial charge in [-0.2, -0.15) is 5.10 Å². The summed E-state index contributed by atoms with van der Waals surface area (Å²) < 4.78 is 13.6. The van der Waals surface area contributed by atoms with Crippen molar-refractivity contribution in [2.24, 2.45) is 7.05 Å². The lowest BCUT2D eigenvalue weighted by Gasteiger charge is -2.13. The van der Waals surface area contributed by atoms with E-state index in [-0.39, 0.29) is 18.8 Å². The van der Waals surface area contributed by atoms with Gasteiger partial charge in [0, 0.05) is 29.9 Å². The molecule has 0 radical (unpaired) electrons. The molecule has 11 heteroatoms. The van der Waals surface area contributed by atoms with E-state index in [1.165, 1.54) is 35.7 Å². The average molecular weight is 423 g/mol. The highest BCUT2D eigenvalue weighted by atomic mass is 16.6. The number of nitro groups is 1. The van der Waals surface area contributed by atoms with Gasteiger partial charge in [-0.15, -0.1) is 0 Å². The second-order valence-corrected chi connectivity index (χ2v) is 6.79. The predicted molar refractivity (Wildman–Crippen MR) is 109 cm³/mol. The van der Waals surface area contributed by atoms with E-state index in [1.54, 1.807) is 42.3 Å². The second-order valence-electron chi connectivity index (χ2n) is 6.79. The van der Waals surface area contributed by atoms with Crippen LogP contribution in [0.25, 0.3) is 12.2 Å². The van der Waals surface area contributed by atoms with E-state index in [4.69, 9.17) is 8.83 Å². The molecule has 0 atom stereocenters. The highest BCUT2D eigenvalue weighted by Gasteiger charge is 2.27. The van der Waals surface area contributed by atoms with Gasteiger partial charge in [-0.1, -0.05) is 0 Å². The highest BCUT2D eigenvalue weighted by molar-refractivity contribution is 5.71. The maximum absolute atomic E-state index is 13.2. The van der Waals surface area contributed by atoms with Crippen molar-refractivity contribution in [3.05, 3.63) is 103 Å². The van der Waals surface area contributed by atoms with E-state index in [9.17, 15) is 19.7 Å². The van der Waals surface area contributed by atoms with Crippen LogP contribution < -0.4 is 11.2 Å². The molecule has 0 aromatic carbocycles. The molecule has 0 N–H and O–H groups in total. The number of aromatic nitrogens is 4. The van der Waals surface area contributed by atoms with Crippen molar-refractivity contribution in [2.45, 2.75) is 13.1 Å². The lowest BCUT2D eigenvalue weighted by molar-refractivity contribution is -0.387. The predicted octanol–water partition coefficient (Wildman–Crippen LogP) is 2.10. The third-order valence-electron chi connectivity index (χ3n) is 4.63. The van der Waals surface area contributed by atoms with E-state index in [0.29, 0.717) is 16.7 Å². The SMILES string of the molecule is Cn1cc(C=Cc2c([N+](=O)[O-])c(=O)n(Cc3ccoc3)c(=O)n2Cc2ccoc2)cn1. The number of hydrogen-bond donors (Lipinski definition) is 0. The number of aryl methyl sites for hydroxylation is 1. The molecule has 0 amide bonds. The first-order valence-corrected chi connectivity index (χ1v) is 9.15. The summed E-state index contributed by atoms with van der Waals surface area (Å²) in [5.41, 5.74) is -0.709. The Morgan fingerprint density at radius 3 is 2.23 bits per heavy atom. The van der Waals surface area contributed by atoms with Gasteiger partial charge in [-0.05, 0) is 24.3 Å². The van der Waals surface area contributed by atoms with Crippen molar-refractivity contribution in [1.82, 2.24) is 18.9 Å². The Balaban J connectivity index is 1.94. The summed E-state index contributed by atoms with van der Waals surface area (Å²) in [4.78, 5) is 37.3. The number of rotatable bonds is 7. The molecule has 31 heavy (non-hydrogen) atoms. The molecule has 0 unspecified atom stereocenters. The monoisotopic (exact) mass is 423 g/mol. The largest absolute Gasteiger partial charge is 0.472 e. The standard InChI is InChI=1S/C20H17N5O6/c1-22-9-14(8-21-22)2-3-17-18(25(28)29)19(26)24(11-16-5-7-31-13-16)20(27)23(17)10-15-4-6-30-12-15/h2-9,12-13H,10-11H2,1H3. The smallest absolute Gasteiger partial charge is 0.357 e. The van der Waals surface area contributed by atoms with Gasteiger partial charge in [0.05, 0.1) is 49.3 Å². The summed E-state index contributed by atoms with van der Waals surface area (Å²) in [6, 6.07) is 3.22. The van der Waals surface area contributed by atoms with E-state index in [0.717, 1.165) is 4.57 Å². The third-order valence-corrected chi connectivity index (χ3v) is 4.63. The zero-order valence-electron chi connectivity index (χ0n) is 16.4. The van der Waals surface area contributed by atoms with Crippen LogP contribution in [0.3, 0.4) is 0 Å². The zero-order valence-corrected chi connectivity index (χ0v) is 16.4. The first kappa shape index (κ1) is 19.9. The van der Waals surface area contributed by atoms with Crippen molar-refractivity contribution in [2.75, 3.05) is 0 Å². The van der Waals surface area contributed by atoms with Crippen LogP contribution in [0.1, 0.15) is 22.4 Å². The van der Waals surface area contributed by atoms with Crippen LogP contribution in [0.15, 0.2) is 68.0 Å². The van der Waals surface area contributed by atoms with Gasteiger partial charge in [0.15, 0.2) is 0 Å². The maximum atomic E-state index is 13.2. The second kappa shape index (κ2) is 8.14. The normalized spacial score (nSPS) is 11.4. The summed E-state index contributed by atoms with van der Waals surface area (Å²) in [7, 11) is 1.73. The number of nitrogens with zero attached hydrogens (tertiary/aromatic N) is 5. The average Bonchev–Trinajstić information content (AvgIpc) is 3.49. The zero-order chi connectivity index (χ0) is 22.0. The summed E-state index contributed by atoms with van der Waals surface area (Å²) in [6.07, 6.45) is 11.8. The van der Waals surface area contributed by atoms with Crippen LogP contribution in [-0.2, 0) is 20.1 Å². The van der Waals surface area contributed by atoms with Crippen LogP contribution in [0.4, 0.5) is 5.69 Å². The van der Waals surface area contributed by atoms with E-state index in [2.05, 4.69) is 5.10 Å². The molecule has 0 aliphatic carbocycles. The molecule has 4 aromatic heterocycles. The topological polar surface area (TPSA) is 131 Å². The minimum Gasteiger partial charge on any atom is -0.472 e. The quantitative estimate of drug-likeness (QED) is 0.328. The van der Waals surface area contributed by atoms with Gasteiger partial charge in [0.2, 0.25) is 0 Å². The summed E-state index contributed by atoms with van der Waals surface area (Å²) in [5, 5.41) is 15.9. The van der Waals surface area contributed by atoms with Crippen molar-refractivity contribution >= 4 is 17.8 Å². The molecule has 0 aliphatic heterocycles. The molecule has 0 bridgehead atoms. The Bertz CT molecular complexity index is 1360. The summed E-state index contributed by atoms with van der Waals surface area (Å²) in [6.45, 7) is -0.179. The molecule has 0 fully saturated rings. The van der Waals surface area contributed by atoms with Gasteiger partial charge in [-0.25, -0.2) is 9.36 Å². The molecule has 11 nitrogen and oxygen atoms in total. The van der Waals surface area contributed by atoms with Crippen LogP contribution in [0.5, 0.6) is 0 Å². The van der Waals surface area contributed by atoms with Gasteiger partial charge >= 0.3 is 16.9 Å². The van der Waals surface area contributed by atoms with Crippen LogP contribution in [-0.4, -0.2) is 23.8 Å². The summed E-state index contributed by atoms with van der Waals surface area (Å²) in [5.74, 6) is 0. The number of hydrogen-bond acceptors (Lipinski definition) is 7. The van der Waals surface area contributed by atoms with Crippen LogP contribution in [0.2, 0.25) is 0 Å².